The van der Waals surface area contributed by atoms with E-state index in [9.17, 15) is 47.5 Å². The van der Waals surface area contributed by atoms with Crippen molar-refractivity contribution in [3.8, 4) is 0 Å². The van der Waals surface area contributed by atoms with Crippen molar-refractivity contribution in [2.45, 2.75) is 6.22 Å². The Labute approximate surface area is 128 Å². The summed E-state index contributed by atoms with van der Waals surface area (Å²) in [6.45, 7) is -33.4. The Bertz CT molecular complexity index is 440. The van der Waals surface area contributed by atoms with Gasteiger partial charge in [-0.05, 0) is 0 Å². The molecule has 0 nitrogen and oxygen atoms in total. The predicted octanol–water partition coefficient (Wildman–Crippen LogP) is 0.894. The number of fused-ring (bicyclic) bond motifs is 7. The summed E-state index contributed by atoms with van der Waals surface area (Å²) in [7, 11) is 0. The fraction of sp³-hybridized carbons (Fsp3) is 1.00. The van der Waals surface area contributed by atoms with Gasteiger partial charge in [-0.25, -0.2) is 0 Å². The van der Waals surface area contributed by atoms with Crippen molar-refractivity contribution in [2.24, 2.45) is 0 Å². The zero-order valence-electron chi connectivity index (χ0n) is 11.2. The van der Waals surface area contributed by atoms with Gasteiger partial charge in [-0.15, -0.1) is 0 Å². The highest BCUT2D eigenvalue weighted by Crippen LogP contribution is 2.45. The van der Waals surface area contributed by atoms with Gasteiger partial charge in [-0.2, -0.15) is 6.22 Å². The van der Waals surface area contributed by atoms with Crippen molar-refractivity contribution in [1.29, 1.82) is 0 Å². The molecule has 0 radical (unpaired) electrons. The second-order valence-electron chi connectivity index (χ2n) is 6.33. The summed E-state index contributed by atoms with van der Waals surface area (Å²) >= 11 is 0. The zero-order valence-corrected chi connectivity index (χ0v) is 11.2. The molecule has 0 saturated carbocycles. The molecule has 0 aromatic carbocycles. The molecule has 0 atom stereocenters. The van der Waals surface area contributed by atoms with Crippen molar-refractivity contribution in [3.05, 3.63) is 0 Å². The van der Waals surface area contributed by atoms with Crippen molar-refractivity contribution < 1.29 is 47.5 Å². The van der Waals surface area contributed by atoms with Crippen molar-refractivity contribution in [1.82, 2.24) is 0 Å². The molecule has 0 amide bonds. The molecular weight excluding hydrogens is 340 g/mol. The molecule has 23 heavy (non-hydrogen) atoms. The van der Waals surface area contributed by atoms with Gasteiger partial charge in [-0.3, -0.25) is 0 Å². The Kier molecular flexibility index (Phi) is 5.06. The van der Waals surface area contributed by atoms with Crippen LogP contribution in [0.15, 0.2) is 0 Å². The quantitative estimate of drug-likeness (QED) is 0.453. The van der Waals surface area contributed by atoms with E-state index in [1.165, 1.54) is 0 Å². The minimum atomic E-state index is -5.30. The minimum Gasteiger partial charge on any atom is -0.541 e. The standard InChI is InChI=1S/CH2B11F11/c13-2-1-11(22)9(20)12(23,10(11)21)8(19)7(18)6(17)5(16)4(15)3(2)14/h1H2/q-2. The molecule has 3 aliphatic rings. The second-order valence-corrected chi connectivity index (χ2v) is 6.33. The van der Waals surface area contributed by atoms with Crippen molar-refractivity contribution in [3.63, 3.8) is 0 Å². The van der Waals surface area contributed by atoms with E-state index in [0.717, 1.165) is 0 Å². The molecule has 3 saturated heterocycles. The normalized spacial score (nSPS) is 33.3. The van der Waals surface area contributed by atoms with E-state index in [4.69, 9.17) is 0 Å². The van der Waals surface area contributed by atoms with Crippen LogP contribution in [0.5, 0.6) is 0 Å². The number of rotatable bonds is 0. The van der Waals surface area contributed by atoms with Crippen LogP contribution in [0.3, 0.4) is 0 Å². The monoisotopic (exact) mass is 344 g/mol. The summed E-state index contributed by atoms with van der Waals surface area (Å²) in [6.07, 6.45) is -12.2. The maximum atomic E-state index is 14.0. The van der Waals surface area contributed by atoms with Gasteiger partial charge in [0.1, 0.15) is 12.3 Å². The molecule has 0 aromatic rings. The molecule has 3 aliphatic heterocycles. The van der Waals surface area contributed by atoms with Gasteiger partial charge in [0, 0.05) is 0 Å². The smallest absolute Gasteiger partial charge is 0.353 e. The molecule has 3 rings (SSSR count). The third-order valence-corrected chi connectivity index (χ3v) is 4.98. The summed E-state index contributed by atoms with van der Waals surface area (Å²) in [6, 6.07) is 0. The Morgan fingerprint density at radius 1 is 0.565 bits per heavy atom. The van der Waals surface area contributed by atoms with Gasteiger partial charge in [0.05, 0.1) is 13.5 Å². The van der Waals surface area contributed by atoms with Crippen LogP contribution >= 0.6 is 0 Å². The lowest BCUT2D eigenvalue weighted by Crippen LogP contribution is -2.94. The number of halogens is 11. The number of hydrogen-bond acceptors (Lipinski definition) is 0. The lowest BCUT2D eigenvalue weighted by Gasteiger charge is -2.64. The lowest BCUT2D eigenvalue weighted by molar-refractivity contribution is 0.735. The van der Waals surface area contributed by atoms with Crippen molar-refractivity contribution in [2.75, 3.05) is 0 Å². The van der Waals surface area contributed by atoms with Gasteiger partial charge in [0.15, 0.2) is 0 Å². The molecule has 0 N–H and O–H groups in total. The molecule has 0 aromatic heterocycles. The van der Waals surface area contributed by atoms with Crippen LogP contribution in [0.25, 0.3) is 0 Å². The van der Waals surface area contributed by atoms with E-state index in [0.29, 0.717) is 0 Å². The van der Waals surface area contributed by atoms with Gasteiger partial charge in [0.2, 0.25) is 6.77 Å². The van der Waals surface area contributed by atoms with Crippen LogP contribution in [-0.4, -0.2) is 73.4 Å². The lowest BCUT2D eigenvalue weighted by atomic mass is 8.47. The van der Waals surface area contributed by atoms with Crippen LogP contribution in [0.1, 0.15) is 0 Å². The first-order chi connectivity index (χ1) is 10.4. The summed E-state index contributed by atoms with van der Waals surface area (Å²) < 4.78 is 149. The molecular formula is CH2B11F11-2. The molecule has 3 heterocycles. The van der Waals surface area contributed by atoms with E-state index in [2.05, 4.69) is 0 Å². The summed E-state index contributed by atoms with van der Waals surface area (Å²) in [5.41, 5.74) is 0. The first-order valence-electron chi connectivity index (χ1n) is 6.88. The Balaban J connectivity index is 2.46. The topological polar surface area (TPSA) is 0 Å². The minimum absolute atomic E-state index is 2.02. The highest BCUT2D eigenvalue weighted by atomic mass is 19.2. The second kappa shape index (κ2) is 6.03. The highest BCUT2D eigenvalue weighted by Gasteiger charge is 2.75. The summed E-state index contributed by atoms with van der Waals surface area (Å²) in [4.78, 5) is 0. The SMILES string of the molecule is FB1C[B-]2(F)B(F)[B-](F)(B(F)B(F)B(F)B(F)B(F)B1F)B2F. The van der Waals surface area contributed by atoms with Crippen LogP contribution in [-0.2, 0) is 0 Å². The van der Waals surface area contributed by atoms with Gasteiger partial charge in [0.25, 0.3) is 0 Å². The number of hydrogen-bond donors (Lipinski definition) is 0. The average molecular weight is 342 g/mol. The van der Waals surface area contributed by atoms with Crippen LogP contribution in [0.2, 0.25) is 6.22 Å². The van der Waals surface area contributed by atoms with Gasteiger partial charge in [-0.1, -0.05) is 0 Å². The first kappa shape index (κ1) is 19.3. The van der Waals surface area contributed by atoms with Gasteiger partial charge < -0.3 is 47.5 Å². The molecule has 0 unspecified atom stereocenters. The van der Waals surface area contributed by atoms with E-state index < -0.39 is 79.6 Å². The molecule has 2 bridgehead atoms. The fourth-order valence-corrected chi connectivity index (χ4v) is 3.46. The average Bonchev–Trinajstić information content (AvgIpc) is 2.54. The first-order valence-corrected chi connectivity index (χ1v) is 6.88. The Morgan fingerprint density at radius 2 is 0.957 bits per heavy atom. The zero-order chi connectivity index (χ0) is 17.9. The van der Waals surface area contributed by atoms with E-state index >= 15 is 0 Å². The molecule has 3 fully saturated rings. The fourth-order valence-electron chi connectivity index (χ4n) is 3.46. The predicted molar refractivity (Wildman–Crippen MR) is 80.3 cm³/mol. The summed E-state index contributed by atoms with van der Waals surface area (Å²) in [5, 5.41) is 0. The third kappa shape index (κ3) is 2.51. The van der Waals surface area contributed by atoms with Crippen LogP contribution < -0.4 is 0 Å². The maximum Gasteiger partial charge on any atom is 0.353 e. The molecule has 0 aliphatic carbocycles. The maximum absolute atomic E-state index is 14.0. The molecule has 0 spiro atoms. The third-order valence-electron chi connectivity index (χ3n) is 4.98. The van der Waals surface area contributed by atoms with Crippen LogP contribution in [0.4, 0.5) is 47.5 Å². The van der Waals surface area contributed by atoms with Crippen LogP contribution in [0, 0.1) is 0 Å². The Hall–Kier alpha value is -0.0557. The van der Waals surface area contributed by atoms with Crippen molar-refractivity contribution >= 4 is 73.4 Å². The summed E-state index contributed by atoms with van der Waals surface area (Å²) in [5.74, 6) is 0. The van der Waals surface area contributed by atoms with E-state index in [1.807, 2.05) is 0 Å². The van der Waals surface area contributed by atoms with E-state index in [1.54, 1.807) is 0 Å². The van der Waals surface area contributed by atoms with E-state index in [-0.39, 0.29) is 0 Å². The molecule has 118 valence electrons. The largest absolute Gasteiger partial charge is 0.541 e. The highest BCUT2D eigenvalue weighted by molar-refractivity contribution is 8.14. The molecule has 22 heteroatoms. The Morgan fingerprint density at radius 3 is 1.43 bits per heavy atom. The van der Waals surface area contributed by atoms with Gasteiger partial charge >= 0.3 is 40.7 Å².